The largest absolute Gasteiger partial charge is 0.399 e. The van der Waals surface area contributed by atoms with E-state index in [4.69, 9.17) is 5.73 Å². The van der Waals surface area contributed by atoms with Crippen molar-refractivity contribution in [3.05, 3.63) is 52.8 Å². The summed E-state index contributed by atoms with van der Waals surface area (Å²) in [7, 11) is 0. The summed E-state index contributed by atoms with van der Waals surface area (Å²) in [5.74, 6) is -0.138. The number of pyridine rings is 1. The van der Waals surface area contributed by atoms with Gasteiger partial charge in [-0.25, -0.2) is 0 Å². The van der Waals surface area contributed by atoms with Crippen molar-refractivity contribution in [1.82, 2.24) is 4.98 Å². The first-order valence-corrected chi connectivity index (χ1v) is 6.08. The molecule has 4 nitrogen and oxygen atoms in total. The second-order valence-electron chi connectivity index (χ2n) is 4.67. The maximum absolute atomic E-state index is 12.2. The van der Waals surface area contributed by atoms with Gasteiger partial charge in [0.15, 0.2) is 0 Å². The Morgan fingerprint density at radius 3 is 2.37 bits per heavy atom. The summed E-state index contributed by atoms with van der Waals surface area (Å²) in [6, 6.07) is 7.16. The van der Waals surface area contributed by atoms with Gasteiger partial charge in [0.25, 0.3) is 5.91 Å². The molecule has 0 bridgehead atoms. The van der Waals surface area contributed by atoms with Crippen LogP contribution in [0.15, 0.2) is 30.5 Å². The number of amides is 1. The van der Waals surface area contributed by atoms with Gasteiger partial charge < -0.3 is 11.1 Å². The van der Waals surface area contributed by atoms with E-state index in [9.17, 15) is 4.79 Å². The lowest BCUT2D eigenvalue weighted by Crippen LogP contribution is -2.14. The molecule has 1 aromatic carbocycles. The van der Waals surface area contributed by atoms with Crippen molar-refractivity contribution < 1.29 is 4.79 Å². The number of nitrogen functional groups attached to an aromatic ring is 1. The number of hydrogen-bond acceptors (Lipinski definition) is 3. The molecule has 1 amide bonds. The predicted octanol–water partition coefficient (Wildman–Crippen LogP) is 2.84. The molecule has 2 rings (SSSR count). The number of nitrogens with one attached hydrogen (secondary N) is 1. The van der Waals surface area contributed by atoms with Gasteiger partial charge >= 0.3 is 0 Å². The second-order valence-corrected chi connectivity index (χ2v) is 4.67. The highest BCUT2D eigenvalue weighted by atomic mass is 16.1. The van der Waals surface area contributed by atoms with E-state index in [0.29, 0.717) is 11.3 Å². The van der Waals surface area contributed by atoms with Gasteiger partial charge in [0.2, 0.25) is 0 Å². The number of aromatic nitrogens is 1. The Balaban J connectivity index is 2.29. The number of anilines is 2. The van der Waals surface area contributed by atoms with Gasteiger partial charge in [-0.05, 0) is 56.2 Å². The highest BCUT2D eigenvalue weighted by Gasteiger charge is 2.10. The van der Waals surface area contributed by atoms with Gasteiger partial charge in [0.1, 0.15) is 0 Å². The lowest BCUT2D eigenvalue weighted by molar-refractivity contribution is 0.102. The van der Waals surface area contributed by atoms with Crippen LogP contribution < -0.4 is 11.1 Å². The Bertz CT molecular complexity index is 612. The minimum absolute atomic E-state index is 0.138. The van der Waals surface area contributed by atoms with Gasteiger partial charge in [-0.1, -0.05) is 0 Å². The summed E-state index contributed by atoms with van der Waals surface area (Å²) >= 11 is 0. The quantitative estimate of drug-likeness (QED) is 0.811. The monoisotopic (exact) mass is 255 g/mol. The molecule has 0 aliphatic rings. The fourth-order valence-corrected chi connectivity index (χ4v) is 2.07. The summed E-state index contributed by atoms with van der Waals surface area (Å²) in [6.45, 7) is 5.71. The van der Waals surface area contributed by atoms with Crippen LogP contribution in [0.1, 0.15) is 27.2 Å². The zero-order valence-corrected chi connectivity index (χ0v) is 11.3. The van der Waals surface area contributed by atoms with E-state index in [2.05, 4.69) is 10.3 Å². The normalized spacial score (nSPS) is 10.3. The molecule has 98 valence electrons. The summed E-state index contributed by atoms with van der Waals surface area (Å²) in [5, 5.41) is 2.93. The molecule has 2 aromatic rings. The third-order valence-corrected chi connectivity index (χ3v) is 2.95. The number of aryl methyl sites for hydroxylation is 3. The van der Waals surface area contributed by atoms with Crippen LogP contribution in [0.2, 0.25) is 0 Å². The molecular formula is C15H17N3O. The summed E-state index contributed by atoms with van der Waals surface area (Å²) in [4.78, 5) is 16.3. The highest BCUT2D eigenvalue weighted by molar-refractivity contribution is 6.05. The molecule has 0 aliphatic heterocycles. The summed E-state index contributed by atoms with van der Waals surface area (Å²) < 4.78 is 0. The predicted molar refractivity (Wildman–Crippen MR) is 77.3 cm³/mol. The Morgan fingerprint density at radius 2 is 1.79 bits per heavy atom. The maximum atomic E-state index is 12.2. The van der Waals surface area contributed by atoms with Crippen LogP contribution in [0.4, 0.5) is 11.4 Å². The van der Waals surface area contributed by atoms with Crippen LogP contribution in [0.3, 0.4) is 0 Å². The molecule has 0 aliphatic carbocycles. The third kappa shape index (κ3) is 2.91. The molecule has 19 heavy (non-hydrogen) atoms. The molecular weight excluding hydrogens is 238 g/mol. The van der Waals surface area contributed by atoms with Crippen molar-refractivity contribution in [3.8, 4) is 0 Å². The molecule has 4 heteroatoms. The van der Waals surface area contributed by atoms with Crippen LogP contribution in [0.5, 0.6) is 0 Å². The average molecular weight is 255 g/mol. The SMILES string of the molecule is Cc1cc(C(=O)Nc2c(C)cc(N)cc2C)ccn1. The number of nitrogens with zero attached hydrogens (tertiary/aromatic N) is 1. The van der Waals surface area contributed by atoms with Crippen molar-refractivity contribution in [3.63, 3.8) is 0 Å². The zero-order valence-electron chi connectivity index (χ0n) is 11.3. The standard InChI is InChI=1S/C15H17N3O/c1-9-6-13(16)7-10(2)14(9)18-15(19)12-4-5-17-11(3)8-12/h4-8H,16H2,1-3H3,(H,18,19). The Morgan fingerprint density at radius 1 is 1.16 bits per heavy atom. The first-order valence-electron chi connectivity index (χ1n) is 6.08. The molecule has 0 fully saturated rings. The van der Waals surface area contributed by atoms with E-state index >= 15 is 0 Å². The van der Waals surface area contributed by atoms with Gasteiger partial charge in [-0.3, -0.25) is 9.78 Å². The van der Waals surface area contributed by atoms with Crippen molar-refractivity contribution in [2.45, 2.75) is 20.8 Å². The molecule has 1 aromatic heterocycles. The Labute approximate surface area is 112 Å². The van der Waals surface area contributed by atoms with Crippen molar-refractivity contribution >= 4 is 17.3 Å². The van der Waals surface area contributed by atoms with E-state index < -0.39 is 0 Å². The van der Waals surface area contributed by atoms with E-state index in [0.717, 1.165) is 22.5 Å². The number of rotatable bonds is 2. The van der Waals surface area contributed by atoms with E-state index in [1.807, 2.05) is 32.9 Å². The fourth-order valence-electron chi connectivity index (χ4n) is 2.07. The summed E-state index contributed by atoms with van der Waals surface area (Å²) in [6.07, 6.45) is 1.63. The lowest BCUT2D eigenvalue weighted by atomic mass is 10.1. The van der Waals surface area contributed by atoms with E-state index in [1.165, 1.54) is 0 Å². The van der Waals surface area contributed by atoms with Crippen LogP contribution in [0.25, 0.3) is 0 Å². The maximum Gasteiger partial charge on any atom is 0.255 e. The minimum Gasteiger partial charge on any atom is -0.399 e. The first-order chi connectivity index (χ1) is 8.97. The van der Waals surface area contributed by atoms with Crippen LogP contribution >= 0.6 is 0 Å². The van der Waals surface area contributed by atoms with Gasteiger partial charge in [0.05, 0.1) is 0 Å². The van der Waals surface area contributed by atoms with Crippen molar-refractivity contribution in [2.75, 3.05) is 11.1 Å². The van der Waals surface area contributed by atoms with Crippen molar-refractivity contribution in [2.24, 2.45) is 0 Å². The van der Waals surface area contributed by atoms with E-state index in [1.54, 1.807) is 18.3 Å². The molecule has 0 saturated carbocycles. The fraction of sp³-hybridized carbons (Fsp3) is 0.200. The number of benzene rings is 1. The minimum atomic E-state index is -0.138. The molecule has 0 atom stereocenters. The van der Waals surface area contributed by atoms with Gasteiger partial charge in [-0.2, -0.15) is 0 Å². The number of carbonyl (C=O) groups excluding carboxylic acids is 1. The smallest absolute Gasteiger partial charge is 0.255 e. The van der Waals surface area contributed by atoms with E-state index in [-0.39, 0.29) is 5.91 Å². The molecule has 3 N–H and O–H groups in total. The number of carbonyl (C=O) groups is 1. The molecule has 1 heterocycles. The number of hydrogen-bond donors (Lipinski definition) is 2. The van der Waals surface area contributed by atoms with Crippen LogP contribution in [-0.2, 0) is 0 Å². The average Bonchev–Trinajstić information content (AvgIpc) is 2.33. The second kappa shape index (κ2) is 5.10. The first kappa shape index (κ1) is 13.1. The Kier molecular flexibility index (Phi) is 3.51. The lowest BCUT2D eigenvalue weighted by Gasteiger charge is -2.12. The summed E-state index contributed by atoms with van der Waals surface area (Å²) in [5.41, 5.74) is 10.6. The van der Waals surface area contributed by atoms with Crippen molar-refractivity contribution in [1.29, 1.82) is 0 Å². The third-order valence-electron chi connectivity index (χ3n) is 2.95. The highest BCUT2D eigenvalue weighted by Crippen LogP contribution is 2.23. The van der Waals surface area contributed by atoms with Crippen LogP contribution in [-0.4, -0.2) is 10.9 Å². The van der Waals surface area contributed by atoms with Gasteiger partial charge in [-0.15, -0.1) is 0 Å². The zero-order chi connectivity index (χ0) is 14.0. The van der Waals surface area contributed by atoms with Crippen LogP contribution in [0, 0.1) is 20.8 Å². The molecule has 0 spiro atoms. The number of nitrogens with two attached hydrogens (primary N) is 1. The molecule has 0 unspecified atom stereocenters. The topological polar surface area (TPSA) is 68.0 Å². The molecule has 0 saturated heterocycles. The molecule has 0 radical (unpaired) electrons. The van der Waals surface area contributed by atoms with Gasteiger partial charge in [0, 0.05) is 28.8 Å². The Hall–Kier alpha value is -2.36.